The van der Waals surface area contributed by atoms with Crippen molar-refractivity contribution in [3.8, 4) is 0 Å². The molecule has 4 aliphatic rings. The Labute approximate surface area is 368 Å². The zero-order valence-electron chi connectivity index (χ0n) is 37.5. The van der Waals surface area contributed by atoms with E-state index in [1.165, 1.54) is 161 Å². The van der Waals surface area contributed by atoms with E-state index in [1.807, 2.05) is 0 Å². The maximum absolute atomic E-state index is 2.60. The molecule has 8 aromatic carbocycles. The summed E-state index contributed by atoms with van der Waals surface area (Å²) in [5, 5.41) is 7.79. The van der Waals surface area contributed by atoms with Crippen LogP contribution < -0.4 is 9.80 Å². The Morgan fingerprint density at radius 1 is 0.339 bits per heavy atom. The highest BCUT2D eigenvalue weighted by Crippen LogP contribution is 2.51. The Morgan fingerprint density at radius 3 is 1.15 bits per heavy atom. The molecule has 0 aromatic heterocycles. The maximum atomic E-state index is 2.60. The molecule has 0 saturated heterocycles. The van der Waals surface area contributed by atoms with E-state index in [1.54, 1.807) is 0 Å². The van der Waals surface area contributed by atoms with Crippen molar-refractivity contribution < 1.29 is 0 Å². The number of aryl methyl sites for hydroxylation is 8. The van der Waals surface area contributed by atoms with Crippen molar-refractivity contribution >= 4 is 66.4 Å². The topological polar surface area (TPSA) is 6.48 Å². The minimum atomic E-state index is 0.206. The van der Waals surface area contributed by atoms with Gasteiger partial charge in [-0.1, -0.05) is 99.5 Å². The summed E-state index contributed by atoms with van der Waals surface area (Å²) in [5.41, 5.74) is 22.5. The average Bonchev–Trinajstić information content (AvgIpc) is 4.06. The lowest BCUT2D eigenvalue weighted by Gasteiger charge is -2.31. The maximum Gasteiger partial charge on any atom is 0.0546 e. The molecule has 0 heterocycles. The van der Waals surface area contributed by atoms with Gasteiger partial charge in [-0.15, -0.1) is 0 Å². The van der Waals surface area contributed by atoms with Gasteiger partial charge >= 0.3 is 0 Å². The molecule has 0 bridgehead atoms. The molecule has 0 atom stereocenters. The number of hydrogen-bond acceptors (Lipinski definition) is 2. The second-order valence-corrected chi connectivity index (χ2v) is 20.7. The number of hydrogen-bond donors (Lipinski definition) is 0. The first-order chi connectivity index (χ1) is 30.0. The molecule has 0 amide bonds. The van der Waals surface area contributed by atoms with E-state index >= 15 is 0 Å². The predicted octanol–water partition coefficient (Wildman–Crippen LogP) is 16.1. The fourth-order valence-corrected chi connectivity index (χ4v) is 12.2. The normalized spacial score (nSPS) is 16.8. The first-order valence-corrected chi connectivity index (χ1v) is 23.5. The number of rotatable bonds is 6. The van der Waals surface area contributed by atoms with Crippen molar-refractivity contribution in [2.75, 3.05) is 9.80 Å². The molecular weight excluding hydrogens is 749 g/mol. The Bertz CT molecular complexity index is 2960. The molecule has 2 heteroatoms. The van der Waals surface area contributed by atoms with Gasteiger partial charge in [0.1, 0.15) is 0 Å². The van der Waals surface area contributed by atoms with Gasteiger partial charge in [-0.25, -0.2) is 0 Å². The molecule has 8 aromatic rings. The minimum absolute atomic E-state index is 0.206. The van der Waals surface area contributed by atoms with Gasteiger partial charge in [-0.05, 0) is 216 Å². The van der Waals surface area contributed by atoms with Crippen LogP contribution in [0.3, 0.4) is 0 Å². The number of nitrogens with zero attached hydrogens (tertiary/aromatic N) is 2. The largest absolute Gasteiger partial charge is 0.310 e. The van der Waals surface area contributed by atoms with Crippen LogP contribution in [0.1, 0.15) is 109 Å². The first kappa shape index (κ1) is 37.9. The van der Waals surface area contributed by atoms with Gasteiger partial charge in [-0.3, -0.25) is 0 Å². The third-order valence-corrected chi connectivity index (χ3v) is 15.7. The third-order valence-electron chi connectivity index (χ3n) is 15.7. The Hall–Kier alpha value is -5.86. The van der Waals surface area contributed by atoms with E-state index in [2.05, 4.69) is 173 Å². The first-order valence-electron chi connectivity index (χ1n) is 23.5. The predicted molar refractivity (Wildman–Crippen MR) is 265 cm³/mol. The highest BCUT2D eigenvalue weighted by atomic mass is 15.2. The smallest absolute Gasteiger partial charge is 0.0546 e. The standard InChI is InChI=1S/C60H58N2/c1-37-13-21-49-51(29-37)53-35-58(62(46-18-16-40-10-8-12-42(40)32-46)48-20-24-56-44(34-48)26-28-60(56,5)6)50-22-14-38(2)30-52(50)54(53)36-57(49)61(45-17-15-39-9-7-11-41(39)31-45)47-19-23-55-43(33-47)25-27-59(55,3)4/h13-24,29-36H,7-12,25-28H2,1-6H3. The van der Waals surface area contributed by atoms with Crippen LogP contribution in [0.2, 0.25) is 0 Å². The van der Waals surface area contributed by atoms with Crippen molar-refractivity contribution in [2.45, 2.75) is 117 Å². The zero-order chi connectivity index (χ0) is 42.1. The fraction of sp³-hybridized carbons (Fsp3) is 0.300. The fourth-order valence-electron chi connectivity index (χ4n) is 12.2. The summed E-state index contributed by atoms with van der Waals surface area (Å²) in [6, 6.07) is 48.7. The average molecular weight is 807 g/mol. The molecule has 0 unspecified atom stereocenters. The van der Waals surface area contributed by atoms with Crippen molar-refractivity contribution in [1.82, 2.24) is 0 Å². The van der Waals surface area contributed by atoms with Gasteiger partial charge in [0.25, 0.3) is 0 Å². The Morgan fingerprint density at radius 2 is 0.710 bits per heavy atom. The summed E-state index contributed by atoms with van der Waals surface area (Å²) in [7, 11) is 0. The van der Waals surface area contributed by atoms with Gasteiger partial charge in [0, 0.05) is 33.5 Å². The van der Waals surface area contributed by atoms with Crippen LogP contribution in [0, 0.1) is 13.8 Å². The lowest BCUT2D eigenvalue weighted by molar-refractivity contribution is 0.522. The quantitative estimate of drug-likeness (QED) is 0.154. The van der Waals surface area contributed by atoms with Gasteiger partial charge in [0.2, 0.25) is 0 Å². The molecule has 0 spiro atoms. The van der Waals surface area contributed by atoms with E-state index in [-0.39, 0.29) is 10.8 Å². The van der Waals surface area contributed by atoms with Crippen molar-refractivity contribution in [1.29, 1.82) is 0 Å². The van der Waals surface area contributed by atoms with Crippen LogP contribution in [0.15, 0.2) is 121 Å². The van der Waals surface area contributed by atoms with E-state index in [9.17, 15) is 0 Å². The second-order valence-electron chi connectivity index (χ2n) is 20.7. The molecule has 0 radical (unpaired) electrons. The van der Waals surface area contributed by atoms with E-state index < -0.39 is 0 Å². The number of benzene rings is 8. The molecular formula is C60H58N2. The summed E-state index contributed by atoms with van der Waals surface area (Å²) in [6.07, 6.45) is 11.8. The summed E-state index contributed by atoms with van der Waals surface area (Å²) < 4.78 is 0. The van der Waals surface area contributed by atoms with Gasteiger partial charge in [-0.2, -0.15) is 0 Å². The van der Waals surface area contributed by atoms with Crippen LogP contribution in [0.4, 0.5) is 34.1 Å². The second kappa shape index (κ2) is 13.8. The number of fused-ring (bicyclic) bond motifs is 9. The Balaban J connectivity index is 1.14. The summed E-state index contributed by atoms with van der Waals surface area (Å²) in [5.74, 6) is 0. The third kappa shape index (κ3) is 5.96. The van der Waals surface area contributed by atoms with Crippen LogP contribution in [-0.4, -0.2) is 0 Å². The van der Waals surface area contributed by atoms with Gasteiger partial charge < -0.3 is 9.80 Å². The lowest BCUT2D eigenvalue weighted by atomic mass is 9.86. The molecule has 0 fully saturated rings. The lowest BCUT2D eigenvalue weighted by Crippen LogP contribution is -2.14. The molecule has 308 valence electrons. The molecule has 0 aliphatic heterocycles. The number of anilines is 6. The molecule has 12 rings (SSSR count). The molecule has 0 saturated carbocycles. The highest BCUT2D eigenvalue weighted by Gasteiger charge is 2.33. The molecule has 62 heavy (non-hydrogen) atoms. The van der Waals surface area contributed by atoms with E-state index in [0.29, 0.717) is 0 Å². The Kier molecular flexibility index (Phi) is 8.44. The van der Waals surface area contributed by atoms with Crippen LogP contribution in [0.25, 0.3) is 32.3 Å². The molecule has 2 nitrogen and oxygen atoms in total. The zero-order valence-corrected chi connectivity index (χ0v) is 37.5. The minimum Gasteiger partial charge on any atom is -0.310 e. The monoisotopic (exact) mass is 806 g/mol. The van der Waals surface area contributed by atoms with Crippen molar-refractivity contribution in [3.05, 3.63) is 177 Å². The summed E-state index contributed by atoms with van der Waals surface area (Å²) in [6.45, 7) is 14.2. The van der Waals surface area contributed by atoms with E-state index in [4.69, 9.17) is 0 Å². The van der Waals surface area contributed by atoms with Crippen LogP contribution in [0.5, 0.6) is 0 Å². The molecule has 4 aliphatic carbocycles. The van der Waals surface area contributed by atoms with Gasteiger partial charge in [0.15, 0.2) is 0 Å². The summed E-state index contributed by atoms with van der Waals surface area (Å²) in [4.78, 5) is 5.19. The SMILES string of the molecule is Cc1ccc2c(N(c3ccc4c(c3)CCC4)c3ccc4c(c3)CCC4(C)C)cc3c4cc(C)ccc4c(N(c4ccc5c(c4)CCC5)c4ccc5c(c4)CCC5(C)C)cc3c2c1. The van der Waals surface area contributed by atoms with Gasteiger partial charge in [0.05, 0.1) is 11.4 Å². The highest BCUT2D eigenvalue weighted by molar-refractivity contribution is 6.24. The van der Waals surface area contributed by atoms with Crippen molar-refractivity contribution in [2.24, 2.45) is 0 Å². The van der Waals surface area contributed by atoms with E-state index in [0.717, 1.165) is 25.7 Å². The van der Waals surface area contributed by atoms with Crippen molar-refractivity contribution in [3.63, 3.8) is 0 Å². The summed E-state index contributed by atoms with van der Waals surface area (Å²) >= 11 is 0. The van der Waals surface area contributed by atoms with Crippen LogP contribution >= 0.6 is 0 Å². The molecule has 0 N–H and O–H groups in total. The van der Waals surface area contributed by atoms with Crippen LogP contribution in [-0.2, 0) is 49.4 Å².